The van der Waals surface area contributed by atoms with E-state index in [4.69, 9.17) is 13.9 Å². The first kappa shape index (κ1) is 21.8. The molecule has 1 unspecified atom stereocenters. The van der Waals surface area contributed by atoms with E-state index in [1.807, 2.05) is 41.3 Å². The third kappa shape index (κ3) is 4.89. The topological polar surface area (TPSA) is 81.9 Å². The molecule has 1 fully saturated rings. The highest BCUT2D eigenvalue weighted by molar-refractivity contribution is 6.11. The lowest BCUT2D eigenvalue weighted by atomic mass is 9.94. The largest absolute Gasteiger partial charge is 0.465 e. The molecular weight excluding hydrogens is 408 g/mol. The van der Waals surface area contributed by atoms with Gasteiger partial charge in [-0.2, -0.15) is 0 Å². The van der Waals surface area contributed by atoms with Crippen LogP contribution in [0.1, 0.15) is 40.3 Å². The predicted molar refractivity (Wildman–Crippen MR) is 119 cm³/mol. The number of nitrogens with zero attached hydrogens (tertiary/aromatic N) is 2. The van der Waals surface area contributed by atoms with Crippen LogP contribution in [0.15, 0.2) is 65.1 Å². The van der Waals surface area contributed by atoms with Gasteiger partial charge >= 0.3 is 5.97 Å². The number of oxazole rings is 1. The van der Waals surface area contributed by atoms with Crippen molar-refractivity contribution in [3.63, 3.8) is 0 Å². The van der Waals surface area contributed by atoms with Crippen molar-refractivity contribution in [1.29, 1.82) is 0 Å². The lowest BCUT2D eigenvalue weighted by molar-refractivity contribution is -0.143. The molecule has 4 rings (SSSR count). The number of aromatic nitrogens is 1. The van der Waals surface area contributed by atoms with Crippen LogP contribution in [0.25, 0.3) is 0 Å². The minimum Gasteiger partial charge on any atom is -0.465 e. The van der Waals surface area contributed by atoms with Crippen LogP contribution in [0, 0.1) is 0 Å². The van der Waals surface area contributed by atoms with Crippen molar-refractivity contribution < 1.29 is 23.5 Å². The number of anilines is 1. The Morgan fingerprint density at radius 2 is 1.69 bits per heavy atom. The molecule has 0 aliphatic carbocycles. The summed E-state index contributed by atoms with van der Waals surface area (Å²) in [7, 11) is 0. The Labute approximate surface area is 187 Å². The average Bonchev–Trinajstić information content (AvgIpc) is 3.25. The van der Waals surface area contributed by atoms with E-state index in [0.29, 0.717) is 49.9 Å². The third-order valence-corrected chi connectivity index (χ3v) is 5.32. The molecule has 32 heavy (non-hydrogen) atoms. The molecule has 1 aliphatic heterocycles. The number of benzene rings is 2. The summed E-state index contributed by atoms with van der Waals surface area (Å²) in [6.45, 7) is 4.33. The fraction of sp³-hybridized carbons (Fsp3) is 0.320. The van der Waals surface area contributed by atoms with Gasteiger partial charge in [0.1, 0.15) is 11.6 Å². The highest BCUT2D eigenvalue weighted by atomic mass is 16.5. The maximum Gasteiger partial charge on any atom is 0.321 e. The number of ketones is 1. The summed E-state index contributed by atoms with van der Waals surface area (Å²) in [6, 6.07) is 18.7. The molecule has 1 atom stereocenters. The normalized spacial score (nSPS) is 14.7. The summed E-state index contributed by atoms with van der Waals surface area (Å²) in [6.07, 6.45) is 0.514. The SMILES string of the molecule is CCOC(=O)C(C(=O)c1nc(Cc2ccccc2)c(N2CCOCC2)o1)c1ccccc1. The maximum absolute atomic E-state index is 13.5. The van der Waals surface area contributed by atoms with E-state index >= 15 is 0 Å². The lowest BCUT2D eigenvalue weighted by Gasteiger charge is -2.26. The van der Waals surface area contributed by atoms with E-state index in [1.54, 1.807) is 31.2 Å². The standard InChI is InChI=1S/C25H26N2O5/c1-2-31-25(29)21(19-11-7-4-8-12-19)22(28)23-26-20(17-18-9-5-3-6-10-18)24(32-23)27-13-15-30-16-14-27/h3-12,21H,2,13-17H2,1H3. The quantitative estimate of drug-likeness (QED) is 0.304. The molecule has 1 saturated heterocycles. The molecule has 7 nitrogen and oxygen atoms in total. The number of hydrogen-bond donors (Lipinski definition) is 0. The second-order valence-electron chi connectivity index (χ2n) is 7.49. The van der Waals surface area contributed by atoms with Crippen molar-refractivity contribution in [2.75, 3.05) is 37.8 Å². The smallest absolute Gasteiger partial charge is 0.321 e. The van der Waals surface area contributed by atoms with E-state index in [0.717, 1.165) is 5.56 Å². The van der Waals surface area contributed by atoms with Gasteiger partial charge in [0.05, 0.1) is 19.8 Å². The molecule has 1 aromatic heterocycles. The second-order valence-corrected chi connectivity index (χ2v) is 7.49. The van der Waals surface area contributed by atoms with Crippen molar-refractivity contribution in [1.82, 2.24) is 4.98 Å². The van der Waals surface area contributed by atoms with Crippen molar-refractivity contribution in [3.8, 4) is 0 Å². The number of carbonyl (C=O) groups is 2. The summed E-state index contributed by atoms with van der Waals surface area (Å²) < 4.78 is 16.7. The van der Waals surface area contributed by atoms with Crippen LogP contribution in [0.2, 0.25) is 0 Å². The maximum atomic E-state index is 13.5. The van der Waals surface area contributed by atoms with Gasteiger partial charge in [0.25, 0.3) is 5.89 Å². The predicted octanol–water partition coefficient (Wildman–Crippen LogP) is 3.63. The van der Waals surface area contributed by atoms with E-state index in [9.17, 15) is 9.59 Å². The van der Waals surface area contributed by atoms with Gasteiger partial charge in [0, 0.05) is 19.5 Å². The number of esters is 1. The van der Waals surface area contributed by atoms with Crippen LogP contribution in [-0.2, 0) is 20.7 Å². The number of hydrogen-bond acceptors (Lipinski definition) is 7. The minimum absolute atomic E-state index is 0.0840. The summed E-state index contributed by atoms with van der Waals surface area (Å²) >= 11 is 0. The van der Waals surface area contributed by atoms with Crippen LogP contribution in [0.5, 0.6) is 0 Å². The van der Waals surface area contributed by atoms with Gasteiger partial charge in [-0.3, -0.25) is 9.59 Å². The van der Waals surface area contributed by atoms with Crippen molar-refractivity contribution in [2.45, 2.75) is 19.3 Å². The Balaban J connectivity index is 1.70. The van der Waals surface area contributed by atoms with Crippen molar-refractivity contribution >= 4 is 17.6 Å². The molecule has 2 heterocycles. The molecule has 0 spiro atoms. The molecule has 0 saturated carbocycles. The summed E-state index contributed by atoms with van der Waals surface area (Å²) in [4.78, 5) is 32.8. The molecule has 0 N–H and O–H groups in total. The first-order valence-corrected chi connectivity index (χ1v) is 10.8. The first-order chi connectivity index (χ1) is 15.7. The minimum atomic E-state index is -1.13. The van der Waals surface area contributed by atoms with Crippen LogP contribution < -0.4 is 4.90 Å². The van der Waals surface area contributed by atoms with Crippen LogP contribution in [0.4, 0.5) is 5.88 Å². The number of ether oxygens (including phenoxy) is 2. The van der Waals surface area contributed by atoms with Gasteiger partial charge in [0.15, 0.2) is 0 Å². The molecule has 0 bridgehead atoms. The Morgan fingerprint density at radius 3 is 2.34 bits per heavy atom. The Kier molecular flexibility index (Phi) is 6.97. The number of rotatable bonds is 8. The zero-order valence-electron chi connectivity index (χ0n) is 18.0. The number of carbonyl (C=O) groups excluding carboxylic acids is 2. The molecule has 3 aromatic rings. The molecule has 7 heteroatoms. The first-order valence-electron chi connectivity index (χ1n) is 10.8. The molecular formula is C25H26N2O5. The third-order valence-electron chi connectivity index (χ3n) is 5.32. The number of morpholine rings is 1. The second kappa shape index (κ2) is 10.2. The average molecular weight is 434 g/mol. The van der Waals surface area contributed by atoms with E-state index in [2.05, 4.69) is 4.98 Å². The van der Waals surface area contributed by atoms with E-state index in [1.165, 1.54) is 0 Å². The molecule has 1 aliphatic rings. The summed E-state index contributed by atoms with van der Waals surface area (Å²) in [5, 5.41) is 0. The van der Waals surface area contributed by atoms with Crippen molar-refractivity contribution in [3.05, 3.63) is 83.4 Å². The van der Waals surface area contributed by atoms with Gasteiger partial charge in [-0.1, -0.05) is 60.7 Å². The molecule has 0 amide bonds. The van der Waals surface area contributed by atoms with Gasteiger partial charge in [0.2, 0.25) is 11.7 Å². The van der Waals surface area contributed by atoms with Crippen molar-refractivity contribution in [2.24, 2.45) is 0 Å². The molecule has 0 radical (unpaired) electrons. The highest BCUT2D eigenvalue weighted by Crippen LogP contribution is 2.29. The zero-order chi connectivity index (χ0) is 22.3. The van der Waals surface area contributed by atoms with Gasteiger partial charge in [-0.15, -0.1) is 0 Å². The van der Waals surface area contributed by atoms with Gasteiger partial charge < -0.3 is 18.8 Å². The monoisotopic (exact) mass is 434 g/mol. The Hall–Kier alpha value is -3.45. The van der Waals surface area contributed by atoms with E-state index < -0.39 is 17.7 Å². The summed E-state index contributed by atoms with van der Waals surface area (Å²) in [5.41, 5.74) is 2.27. The van der Waals surface area contributed by atoms with Crippen LogP contribution in [-0.4, -0.2) is 49.6 Å². The summed E-state index contributed by atoms with van der Waals surface area (Å²) in [5.74, 6) is -1.78. The Bertz CT molecular complexity index is 1040. The van der Waals surface area contributed by atoms with Crippen LogP contribution >= 0.6 is 0 Å². The zero-order valence-corrected chi connectivity index (χ0v) is 18.0. The number of Topliss-reactive ketones (excluding diaryl/α,β-unsaturated/α-hetero) is 1. The van der Waals surface area contributed by atoms with Gasteiger partial charge in [-0.05, 0) is 18.1 Å². The fourth-order valence-corrected chi connectivity index (χ4v) is 3.76. The Morgan fingerprint density at radius 1 is 1.03 bits per heavy atom. The van der Waals surface area contributed by atoms with Crippen LogP contribution in [0.3, 0.4) is 0 Å². The molecule has 166 valence electrons. The fourth-order valence-electron chi connectivity index (χ4n) is 3.76. The lowest BCUT2D eigenvalue weighted by Crippen LogP contribution is -2.36. The molecule has 2 aromatic carbocycles. The van der Waals surface area contributed by atoms with E-state index in [-0.39, 0.29) is 12.5 Å². The highest BCUT2D eigenvalue weighted by Gasteiger charge is 2.35. The van der Waals surface area contributed by atoms with Gasteiger partial charge in [-0.25, -0.2) is 4.98 Å².